The van der Waals surface area contributed by atoms with Crippen molar-refractivity contribution in [2.24, 2.45) is 11.8 Å². The van der Waals surface area contributed by atoms with Gasteiger partial charge in [-0.05, 0) is 34.4 Å². The van der Waals surface area contributed by atoms with Crippen molar-refractivity contribution in [3.8, 4) is 5.69 Å². The number of carbonyl (C=O) groups is 1. The first-order valence-corrected chi connectivity index (χ1v) is 9.20. The van der Waals surface area contributed by atoms with Crippen LogP contribution in [0.2, 0.25) is 0 Å². The normalized spacial score (nSPS) is 11.2. The van der Waals surface area contributed by atoms with E-state index >= 15 is 0 Å². The highest BCUT2D eigenvalue weighted by atomic mass is 32.2. The number of hydrogen-bond donors (Lipinski definition) is 0. The van der Waals surface area contributed by atoms with E-state index in [0.29, 0.717) is 22.7 Å². The molecule has 0 saturated carbocycles. The summed E-state index contributed by atoms with van der Waals surface area (Å²) in [6.07, 6.45) is 0. The lowest BCUT2D eigenvalue weighted by Crippen LogP contribution is -2.38. The molecule has 2 rings (SSSR count). The van der Waals surface area contributed by atoms with Crippen LogP contribution in [0.15, 0.2) is 35.5 Å². The summed E-state index contributed by atoms with van der Waals surface area (Å²) in [5, 5.41) is 12.4. The van der Waals surface area contributed by atoms with Gasteiger partial charge in [0.15, 0.2) is 0 Å². The quantitative estimate of drug-likeness (QED) is 0.687. The first-order chi connectivity index (χ1) is 11.5. The lowest BCUT2D eigenvalue weighted by molar-refractivity contribution is -0.129. The van der Waals surface area contributed by atoms with Gasteiger partial charge in [-0.2, -0.15) is 4.68 Å². The molecule has 1 aromatic carbocycles. The van der Waals surface area contributed by atoms with Gasteiger partial charge >= 0.3 is 0 Å². The third-order valence-corrected chi connectivity index (χ3v) is 4.19. The predicted molar refractivity (Wildman–Crippen MR) is 96.1 cm³/mol. The maximum absolute atomic E-state index is 12.6. The van der Waals surface area contributed by atoms with Gasteiger partial charge in [-0.1, -0.05) is 57.7 Å². The fraction of sp³-hybridized carbons (Fsp3) is 0.529. The zero-order valence-electron chi connectivity index (χ0n) is 14.7. The molecular formula is C17H25N5OS. The molecule has 0 aliphatic rings. The summed E-state index contributed by atoms with van der Waals surface area (Å²) < 4.78 is 1.66. The van der Waals surface area contributed by atoms with Crippen LogP contribution in [0.1, 0.15) is 27.7 Å². The molecule has 0 fully saturated rings. The molecular weight excluding hydrogens is 322 g/mol. The average Bonchev–Trinajstić information content (AvgIpc) is 3.00. The van der Waals surface area contributed by atoms with Crippen LogP contribution in [-0.4, -0.2) is 49.9 Å². The molecule has 6 nitrogen and oxygen atoms in total. The second kappa shape index (κ2) is 8.82. The van der Waals surface area contributed by atoms with E-state index in [0.717, 1.165) is 18.8 Å². The fourth-order valence-corrected chi connectivity index (χ4v) is 3.17. The molecule has 0 aliphatic heterocycles. The minimum absolute atomic E-state index is 0.130. The second-order valence-corrected chi connectivity index (χ2v) is 7.53. The average molecular weight is 347 g/mol. The summed E-state index contributed by atoms with van der Waals surface area (Å²) in [5.74, 6) is 1.37. The Morgan fingerprint density at radius 1 is 1.12 bits per heavy atom. The molecule has 1 aromatic heterocycles. The molecule has 1 heterocycles. The van der Waals surface area contributed by atoms with Gasteiger partial charge in [0.2, 0.25) is 11.1 Å². The lowest BCUT2D eigenvalue weighted by atomic mass is 10.1. The third-order valence-electron chi connectivity index (χ3n) is 3.29. The van der Waals surface area contributed by atoms with E-state index in [1.165, 1.54) is 11.8 Å². The zero-order chi connectivity index (χ0) is 17.5. The van der Waals surface area contributed by atoms with Crippen LogP contribution in [0.25, 0.3) is 5.69 Å². The Hall–Kier alpha value is -1.89. The van der Waals surface area contributed by atoms with Crippen LogP contribution < -0.4 is 0 Å². The van der Waals surface area contributed by atoms with E-state index in [1.807, 2.05) is 35.2 Å². The number of tetrazole rings is 1. The Morgan fingerprint density at radius 3 is 2.33 bits per heavy atom. The monoisotopic (exact) mass is 347 g/mol. The maximum atomic E-state index is 12.6. The van der Waals surface area contributed by atoms with E-state index in [9.17, 15) is 4.79 Å². The summed E-state index contributed by atoms with van der Waals surface area (Å²) in [6, 6.07) is 9.69. The minimum atomic E-state index is 0.130. The molecule has 0 atom stereocenters. The molecule has 0 spiro atoms. The van der Waals surface area contributed by atoms with E-state index in [2.05, 4.69) is 43.2 Å². The summed E-state index contributed by atoms with van der Waals surface area (Å²) in [6.45, 7) is 10.1. The Balaban J connectivity index is 2.02. The van der Waals surface area contributed by atoms with Gasteiger partial charge < -0.3 is 4.90 Å². The van der Waals surface area contributed by atoms with Gasteiger partial charge in [0.1, 0.15) is 0 Å². The maximum Gasteiger partial charge on any atom is 0.233 e. The number of para-hydroxylation sites is 1. The van der Waals surface area contributed by atoms with E-state index in [1.54, 1.807) is 4.68 Å². The summed E-state index contributed by atoms with van der Waals surface area (Å²) >= 11 is 1.37. The SMILES string of the molecule is CC(C)CN(CC(C)C)C(=O)CSc1nnnn1-c1ccccc1. The topological polar surface area (TPSA) is 63.9 Å². The van der Waals surface area contributed by atoms with Crippen molar-refractivity contribution in [1.29, 1.82) is 0 Å². The molecule has 0 N–H and O–H groups in total. The third kappa shape index (κ3) is 5.33. The van der Waals surface area contributed by atoms with Crippen LogP contribution in [0.5, 0.6) is 0 Å². The van der Waals surface area contributed by atoms with Gasteiger partial charge in [0.05, 0.1) is 11.4 Å². The highest BCUT2D eigenvalue weighted by molar-refractivity contribution is 7.99. The molecule has 2 aromatic rings. The van der Waals surface area contributed by atoms with Crippen molar-refractivity contribution >= 4 is 17.7 Å². The van der Waals surface area contributed by atoms with Gasteiger partial charge in [0.25, 0.3) is 0 Å². The van der Waals surface area contributed by atoms with Crippen LogP contribution in [0, 0.1) is 11.8 Å². The Morgan fingerprint density at radius 2 is 1.75 bits per heavy atom. The molecule has 0 bridgehead atoms. The van der Waals surface area contributed by atoms with Crippen LogP contribution >= 0.6 is 11.8 Å². The lowest BCUT2D eigenvalue weighted by Gasteiger charge is -2.26. The summed E-state index contributed by atoms with van der Waals surface area (Å²) in [4.78, 5) is 14.5. The molecule has 0 saturated heterocycles. The van der Waals surface area contributed by atoms with Crippen LogP contribution in [0.4, 0.5) is 0 Å². The number of hydrogen-bond acceptors (Lipinski definition) is 5. The van der Waals surface area contributed by atoms with Crippen molar-refractivity contribution in [1.82, 2.24) is 25.1 Å². The Bertz CT molecular complexity index is 631. The number of benzene rings is 1. The zero-order valence-corrected chi connectivity index (χ0v) is 15.5. The highest BCUT2D eigenvalue weighted by Crippen LogP contribution is 2.19. The molecule has 1 amide bonds. The second-order valence-electron chi connectivity index (χ2n) is 6.58. The van der Waals surface area contributed by atoms with Crippen molar-refractivity contribution in [3.05, 3.63) is 30.3 Å². The molecule has 24 heavy (non-hydrogen) atoms. The minimum Gasteiger partial charge on any atom is -0.341 e. The number of aromatic nitrogens is 4. The number of nitrogens with zero attached hydrogens (tertiary/aromatic N) is 5. The number of thioether (sulfide) groups is 1. The number of rotatable bonds is 8. The predicted octanol–water partition coefficient (Wildman–Crippen LogP) is 2.90. The number of amides is 1. The van der Waals surface area contributed by atoms with E-state index in [4.69, 9.17) is 0 Å². The van der Waals surface area contributed by atoms with E-state index < -0.39 is 0 Å². The van der Waals surface area contributed by atoms with Gasteiger partial charge in [0, 0.05) is 13.1 Å². The van der Waals surface area contributed by atoms with Crippen molar-refractivity contribution < 1.29 is 4.79 Å². The molecule has 0 aliphatic carbocycles. The summed E-state index contributed by atoms with van der Waals surface area (Å²) in [7, 11) is 0. The van der Waals surface area contributed by atoms with Crippen LogP contribution in [-0.2, 0) is 4.79 Å². The Labute approximate surface area is 147 Å². The standard InChI is InChI=1S/C17H25N5OS/c1-13(2)10-21(11-14(3)4)16(23)12-24-17-18-19-20-22(17)15-8-6-5-7-9-15/h5-9,13-14H,10-12H2,1-4H3. The first kappa shape index (κ1) is 18.4. The molecule has 0 radical (unpaired) electrons. The molecule has 0 unspecified atom stereocenters. The van der Waals surface area contributed by atoms with Gasteiger partial charge in [-0.15, -0.1) is 5.10 Å². The fourth-order valence-electron chi connectivity index (χ4n) is 2.38. The largest absolute Gasteiger partial charge is 0.341 e. The molecule has 130 valence electrons. The van der Waals surface area contributed by atoms with Gasteiger partial charge in [-0.3, -0.25) is 4.79 Å². The highest BCUT2D eigenvalue weighted by Gasteiger charge is 2.18. The van der Waals surface area contributed by atoms with Crippen molar-refractivity contribution in [2.75, 3.05) is 18.8 Å². The van der Waals surface area contributed by atoms with Crippen molar-refractivity contribution in [2.45, 2.75) is 32.9 Å². The van der Waals surface area contributed by atoms with E-state index in [-0.39, 0.29) is 5.91 Å². The van der Waals surface area contributed by atoms with Crippen LogP contribution in [0.3, 0.4) is 0 Å². The Kier molecular flexibility index (Phi) is 6.78. The molecule has 7 heteroatoms. The first-order valence-electron chi connectivity index (χ1n) is 8.21. The number of carbonyl (C=O) groups excluding carboxylic acids is 1. The van der Waals surface area contributed by atoms with Crippen molar-refractivity contribution in [3.63, 3.8) is 0 Å². The summed E-state index contributed by atoms with van der Waals surface area (Å²) in [5.41, 5.74) is 0.888. The van der Waals surface area contributed by atoms with Gasteiger partial charge in [-0.25, -0.2) is 0 Å². The smallest absolute Gasteiger partial charge is 0.233 e.